The van der Waals surface area contributed by atoms with Crippen LogP contribution in [0.5, 0.6) is 0 Å². The predicted octanol–water partition coefficient (Wildman–Crippen LogP) is 4.17. The zero-order valence-electron chi connectivity index (χ0n) is 16.6. The van der Waals surface area contributed by atoms with Crippen LogP contribution in [0.4, 0.5) is 0 Å². The number of carbonyl (C=O) groups is 1. The molecule has 1 amide bonds. The molecule has 1 saturated heterocycles. The molecule has 0 N–H and O–H groups in total. The molecule has 1 aromatic heterocycles. The lowest BCUT2D eigenvalue weighted by Crippen LogP contribution is -2.57. The number of amides is 1. The number of rotatable bonds is 4. The molecular weight excluding hydrogens is 356 g/mol. The number of pyridine rings is 1. The summed E-state index contributed by atoms with van der Waals surface area (Å²) in [6.07, 6.45) is 2.89. The average molecular weight is 395 g/mol. The molecule has 1 aromatic rings. The highest BCUT2D eigenvalue weighted by Crippen LogP contribution is 2.28. The molecule has 4 rings (SSSR count). The van der Waals surface area contributed by atoms with Crippen LogP contribution in [0.15, 0.2) is 34.8 Å². The number of aryl methyl sites for hydroxylation is 1. The summed E-state index contributed by atoms with van der Waals surface area (Å²) in [5, 5.41) is 0. The van der Waals surface area contributed by atoms with Crippen molar-refractivity contribution >= 4 is 5.91 Å². The molecule has 2 bridgehead atoms. The molecule has 28 heavy (non-hydrogen) atoms. The second-order valence-corrected chi connectivity index (χ2v) is 7.85. The first-order chi connectivity index (χ1) is 12.2. The van der Waals surface area contributed by atoms with Crippen molar-refractivity contribution in [2.45, 2.75) is 75.3 Å². The first kappa shape index (κ1) is 26.1. The van der Waals surface area contributed by atoms with Crippen LogP contribution in [0.25, 0.3) is 0 Å². The number of fused-ring (bicyclic) bond motifs is 2. The van der Waals surface area contributed by atoms with Crippen LogP contribution in [-0.2, 0) is 21.1 Å². The maximum atomic E-state index is 11.7. The zero-order chi connectivity index (χ0) is 19.4. The topological polar surface area (TPSA) is 60.8 Å². The second-order valence-electron chi connectivity index (χ2n) is 7.85. The quantitative estimate of drug-likeness (QED) is 0.568. The van der Waals surface area contributed by atoms with Crippen molar-refractivity contribution in [1.29, 1.82) is 0 Å². The Labute approximate surface area is 170 Å². The minimum Gasteiger partial charge on any atom is -0.315 e. The van der Waals surface area contributed by atoms with Crippen molar-refractivity contribution in [2.75, 3.05) is 6.54 Å². The van der Waals surface area contributed by atoms with Gasteiger partial charge in [-0.1, -0.05) is 48.6 Å². The summed E-state index contributed by atoms with van der Waals surface area (Å²) in [6.45, 7) is 13.8. The van der Waals surface area contributed by atoms with Gasteiger partial charge in [-0.25, -0.2) is 9.78 Å². The summed E-state index contributed by atoms with van der Waals surface area (Å²) < 4.78 is 1.76. The largest absolute Gasteiger partial charge is 0.315 e. The normalized spacial score (nSPS) is 20.2. The highest BCUT2D eigenvalue weighted by molar-refractivity contribution is 5.85. The summed E-state index contributed by atoms with van der Waals surface area (Å²) >= 11 is 0. The van der Waals surface area contributed by atoms with Gasteiger partial charge in [-0.05, 0) is 42.9 Å². The van der Waals surface area contributed by atoms with E-state index in [1.807, 2.05) is 32.2 Å². The number of nitrogens with zero attached hydrogens (tertiary/aromatic N) is 2. The van der Waals surface area contributed by atoms with E-state index >= 15 is 0 Å². The Balaban J connectivity index is 0.000000492. The van der Waals surface area contributed by atoms with Crippen molar-refractivity contribution in [2.24, 2.45) is 11.8 Å². The Morgan fingerprint density at radius 1 is 0.964 bits per heavy atom. The van der Waals surface area contributed by atoms with Crippen molar-refractivity contribution in [3.05, 3.63) is 45.9 Å². The van der Waals surface area contributed by atoms with Gasteiger partial charge in [0, 0.05) is 25.4 Å². The lowest BCUT2D eigenvalue weighted by atomic mass is 10.0. The molecule has 0 aromatic carbocycles. The van der Waals surface area contributed by atoms with Gasteiger partial charge in [-0.2, -0.15) is 0 Å². The maximum absolute atomic E-state index is 11.7. The van der Waals surface area contributed by atoms with Crippen LogP contribution in [0, 0.1) is 18.8 Å². The molecule has 0 saturated carbocycles. The van der Waals surface area contributed by atoms with Gasteiger partial charge in [-0.15, -0.1) is 0 Å². The molecule has 6 heteroatoms. The van der Waals surface area contributed by atoms with E-state index < -0.39 is 6.10 Å². The van der Waals surface area contributed by atoms with Crippen LogP contribution in [-0.4, -0.2) is 34.3 Å². The minimum atomic E-state index is -0.529. The second kappa shape index (κ2) is 11.2. The molecule has 0 spiro atoms. The SMILES string of the molecule is C.C.CC1=CC2OOC1N(CC(C)C)C2=O.Cc1ccc(=O)n(CC(C)C)c1. The summed E-state index contributed by atoms with van der Waals surface area (Å²) in [7, 11) is 0. The molecule has 0 radical (unpaired) electrons. The molecule has 1 fully saturated rings. The van der Waals surface area contributed by atoms with Crippen LogP contribution in [0.2, 0.25) is 0 Å². The van der Waals surface area contributed by atoms with Gasteiger partial charge >= 0.3 is 0 Å². The predicted molar refractivity (Wildman–Crippen MR) is 114 cm³/mol. The first-order valence-electron chi connectivity index (χ1n) is 9.17. The lowest BCUT2D eigenvalue weighted by Gasteiger charge is -2.42. The van der Waals surface area contributed by atoms with Crippen molar-refractivity contribution in [1.82, 2.24) is 9.47 Å². The molecule has 6 nitrogen and oxygen atoms in total. The number of carbonyl (C=O) groups excluding carboxylic acids is 1. The Kier molecular flexibility index (Phi) is 10.4. The lowest BCUT2D eigenvalue weighted by molar-refractivity contribution is -0.379. The standard InChI is InChI=1S/C10H15NO3.C10H15NO.2CH4/c1-6(2)5-11-9(12)8-4-7(3)10(11)14-13-8;1-8(2)6-11-7-9(3)4-5-10(11)12;;/h4,6,8,10H,5H2,1-3H3;4-5,7-8H,6H2,1-3H3;2*1H4. The molecular formula is C22H38N2O4. The molecule has 2 unspecified atom stereocenters. The van der Waals surface area contributed by atoms with E-state index in [1.165, 1.54) is 0 Å². The van der Waals surface area contributed by atoms with Crippen molar-refractivity contribution in [3.63, 3.8) is 0 Å². The molecule has 0 aliphatic carbocycles. The van der Waals surface area contributed by atoms with E-state index in [2.05, 4.69) is 27.7 Å². The van der Waals surface area contributed by atoms with Crippen LogP contribution < -0.4 is 5.56 Å². The van der Waals surface area contributed by atoms with Gasteiger partial charge in [0.25, 0.3) is 11.5 Å². The Hall–Kier alpha value is -1.92. The number of hydrogen-bond donors (Lipinski definition) is 0. The van der Waals surface area contributed by atoms with E-state index in [0.717, 1.165) is 17.7 Å². The van der Waals surface area contributed by atoms with Gasteiger partial charge in [0.1, 0.15) is 0 Å². The van der Waals surface area contributed by atoms with E-state index in [0.29, 0.717) is 18.4 Å². The molecule has 3 aliphatic rings. The Bertz CT molecular complexity index is 721. The van der Waals surface area contributed by atoms with Crippen molar-refractivity contribution < 1.29 is 14.6 Å². The van der Waals surface area contributed by atoms with E-state index in [-0.39, 0.29) is 32.5 Å². The van der Waals surface area contributed by atoms with E-state index in [1.54, 1.807) is 15.5 Å². The highest BCUT2D eigenvalue weighted by atomic mass is 17.2. The fourth-order valence-electron chi connectivity index (χ4n) is 2.99. The van der Waals surface area contributed by atoms with Crippen molar-refractivity contribution in [3.8, 4) is 0 Å². The maximum Gasteiger partial charge on any atom is 0.261 e. The van der Waals surface area contributed by atoms with Crippen LogP contribution in [0.3, 0.4) is 0 Å². The van der Waals surface area contributed by atoms with Gasteiger partial charge in [0.05, 0.1) is 0 Å². The number of aromatic nitrogens is 1. The first-order valence-corrected chi connectivity index (χ1v) is 9.17. The van der Waals surface area contributed by atoms with Gasteiger partial charge in [-0.3, -0.25) is 9.59 Å². The molecule has 2 atom stereocenters. The van der Waals surface area contributed by atoms with Gasteiger partial charge in [0.15, 0.2) is 12.3 Å². The minimum absolute atomic E-state index is 0. The van der Waals surface area contributed by atoms with Crippen LogP contribution in [0.1, 0.15) is 55.0 Å². The number of hydrogen-bond acceptors (Lipinski definition) is 4. The molecule has 3 aliphatic heterocycles. The zero-order valence-corrected chi connectivity index (χ0v) is 16.6. The van der Waals surface area contributed by atoms with Crippen LogP contribution >= 0.6 is 0 Å². The Morgan fingerprint density at radius 2 is 1.57 bits per heavy atom. The molecule has 160 valence electrons. The fourth-order valence-corrected chi connectivity index (χ4v) is 2.99. The fraction of sp³-hybridized carbons (Fsp3) is 0.636. The smallest absolute Gasteiger partial charge is 0.261 e. The third-order valence-corrected chi connectivity index (χ3v) is 4.12. The average Bonchev–Trinajstić information content (AvgIpc) is 2.54. The summed E-state index contributed by atoms with van der Waals surface area (Å²) in [5.41, 5.74) is 2.28. The summed E-state index contributed by atoms with van der Waals surface area (Å²) in [4.78, 5) is 34.8. The van der Waals surface area contributed by atoms with Gasteiger partial charge < -0.3 is 9.47 Å². The monoisotopic (exact) mass is 394 g/mol. The highest BCUT2D eigenvalue weighted by Gasteiger charge is 2.42. The third-order valence-electron chi connectivity index (χ3n) is 4.12. The third kappa shape index (κ3) is 6.60. The Morgan fingerprint density at radius 3 is 2.11 bits per heavy atom. The van der Waals surface area contributed by atoms with Gasteiger partial charge in [0.2, 0.25) is 0 Å². The van der Waals surface area contributed by atoms with E-state index in [4.69, 9.17) is 9.78 Å². The van der Waals surface area contributed by atoms with E-state index in [9.17, 15) is 9.59 Å². The molecule has 4 heterocycles. The summed E-state index contributed by atoms with van der Waals surface area (Å²) in [6, 6.07) is 3.47. The summed E-state index contributed by atoms with van der Waals surface area (Å²) in [5.74, 6) is 0.972.